The molecule has 18 heavy (non-hydrogen) atoms. The smallest absolute Gasteiger partial charge is 0.0484 e. The molecule has 0 amide bonds. The van der Waals surface area contributed by atoms with Crippen LogP contribution < -0.4 is 5.73 Å². The molecule has 0 aromatic carbocycles. The monoisotopic (exact) mass is 266 g/mol. The first-order valence-electron chi connectivity index (χ1n) is 7.07. The molecule has 2 rings (SSSR count). The van der Waals surface area contributed by atoms with Gasteiger partial charge in [-0.3, -0.25) is 4.90 Å². The number of hydrogen-bond acceptors (Lipinski definition) is 3. The van der Waals surface area contributed by atoms with E-state index in [1.54, 1.807) is 0 Å². The second kappa shape index (κ2) is 5.72. The van der Waals surface area contributed by atoms with Crippen LogP contribution in [0.4, 0.5) is 0 Å². The summed E-state index contributed by atoms with van der Waals surface area (Å²) in [5.74, 6) is 0.724. The van der Waals surface area contributed by atoms with Crippen molar-refractivity contribution >= 4 is 11.3 Å². The maximum Gasteiger partial charge on any atom is 0.0484 e. The van der Waals surface area contributed by atoms with E-state index in [4.69, 9.17) is 5.73 Å². The Morgan fingerprint density at radius 1 is 1.44 bits per heavy atom. The van der Waals surface area contributed by atoms with Gasteiger partial charge in [0.2, 0.25) is 0 Å². The predicted molar refractivity (Wildman–Crippen MR) is 80.2 cm³/mol. The van der Waals surface area contributed by atoms with E-state index in [0.29, 0.717) is 12.1 Å². The number of aryl methyl sites for hydroxylation is 2. The lowest BCUT2D eigenvalue weighted by molar-refractivity contribution is 0.149. The zero-order valence-corrected chi connectivity index (χ0v) is 12.9. The number of nitrogens with two attached hydrogens (primary N) is 1. The molecule has 1 aliphatic rings. The van der Waals surface area contributed by atoms with Gasteiger partial charge in [0, 0.05) is 28.4 Å². The topological polar surface area (TPSA) is 29.3 Å². The molecule has 1 aromatic rings. The Hall–Kier alpha value is -0.380. The molecule has 0 saturated carbocycles. The lowest BCUT2D eigenvalue weighted by Gasteiger charge is -2.34. The van der Waals surface area contributed by atoms with E-state index in [9.17, 15) is 0 Å². The fraction of sp³-hybridized carbons (Fsp3) is 0.733. The first kappa shape index (κ1) is 14.0. The van der Waals surface area contributed by atoms with Gasteiger partial charge in [-0.15, -0.1) is 11.3 Å². The molecule has 2 unspecified atom stereocenters. The minimum atomic E-state index is 0.421. The van der Waals surface area contributed by atoms with Crippen molar-refractivity contribution < 1.29 is 0 Å². The largest absolute Gasteiger partial charge is 0.329 e. The van der Waals surface area contributed by atoms with Gasteiger partial charge in [-0.05, 0) is 50.8 Å². The van der Waals surface area contributed by atoms with E-state index < -0.39 is 0 Å². The van der Waals surface area contributed by atoms with Crippen molar-refractivity contribution in [3.8, 4) is 0 Å². The maximum absolute atomic E-state index is 6.09. The first-order valence-corrected chi connectivity index (χ1v) is 7.89. The van der Waals surface area contributed by atoms with Crippen molar-refractivity contribution in [2.75, 3.05) is 13.1 Å². The summed E-state index contributed by atoms with van der Waals surface area (Å²) in [6, 6.07) is 3.47. The van der Waals surface area contributed by atoms with Gasteiger partial charge in [-0.2, -0.15) is 0 Å². The quantitative estimate of drug-likeness (QED) is 0.904. The lowest BCUT2D eigenvalue weighted by Crippen LogP contribution is -2.40. The van der Waals surface area contributed by atoms with E-state index in [1.165, 1.54) is 34.7 Å². The molecular formula is C15H26N2S. The van der Waals surface area contributed by atoms with E-state index in [-0.39, 0.29) is 0 Å². The minimum Gasteiger partial charge on any atom is -0.329 e. The third-order valence-corrected chi connectivity index (χ3v) is 5.16. The third kappa shape index (κ3) is 2.63. The number of hydrogen-bond donors (Lipinski definition) is 1. The zero-order valence-electron chi connectivity index (χ0n) is 12.1. The highest BCUT2D eigenvalue weighted by atomic mass is 32.1. The summed E-state index contributed by atoms with van der Waals surface area (Å²) in [7, 11) is 0. The molecule has 2 nitrogen and oxygen atoms in total. The molecule has 2 N–H and O–H groups in total. The van der Waals surface area contributed by atoms with Crippen LogP contribution in [0.15, 0.2) is 6.07 Å². The fourth-order valence-corrected chi connectivity index (χ4v) is 4.32. The van der Waals surface area contributed by atoms with Gasteiger partial charge < -0.3 is 5.73 Å². The number of rotatable bonds is 4. The van der Waals surface area contributed by atoms with E-state index in [0.717, 1.165) is 12.5 Å². The van der Waals surface area contributed by atoms with Crippen molar-refractivity contribution in [2.24, 2.45) is 11.7 Å². The standard InChI is InChI=1S/C15H26N2S/c1-10(2)14-6-5-7-17(14)15(9-16)13-8-11(3)18-12(13)4/h8,10,14-15H,5-7,9,16H2,1-4H3. The van der Waals surface area contributed by atoms with Crippen molar-refractivity contribution in [1.29, 1.82) is 0 Å². The summed E-state index contributed by atoms with van der Waals surface area (Å²) in [5, 5.41) is 0. The van der Waals surface area contributed by atoms with Crippen molar-refractivity contribution in [2.45, 2.75) is 52.6 Å². The molecule has 3 heteroatoms. The van der Waals surface area contributed by atoms with Gasteiger partial charge in [0.05, 0.1) is 0 Å². The molecule has 2 atom stereocenters. The van der Waals surface area contributed by atoms with E-state index in [2.05, 4.69) is 38.7 Å². The second-order valence-electron chi connectivity index (χ2n) is 5.81. The Bertz CT molecular complexity index is 397. The zero-order chi connectivity index (χ0) is 13.3. The molecule has 0 radical (unpaired) electrons. The van der Waals surface area contributed by atoms with Crippen LogP contribution in [-0.2, 0) is 0 Å². The predicted octanol–water partition coefficient (Wildman–Crippen LogP) is 3.49. The number of likely N-dealkylation sites (tertiary alicyclic amines) is 1. The third-order valence-electron chi connectivity index (χ3n) is 4.17. The first-order chi connectivity index (χ1) is 8.54. The van der Waals surface area contributed by atoms with Gasteiger partial charge in [0.1, 0.15) is 0 Å². The molecule has 1 aliphatic heterocycles. The summed E-state index contributed by atoms with van der Waals surface area (Å²) >= 11 is 1.90. The Kier molecular flexibility index (Phi) is 4.46. The Balaban J connectivity index is 2.25. The molecular weight excluding hydrogens is 240 g/mol. The average molecular weight is 266 g/mol. The van der Waals surface area contributed by atoms with Gasteiger partial charge in [0.25, 0.3) is 0 Å². The van der Waals surface area contributed by atoms with Crippen LogP contribution >= 0.6 is 11.3 Å². The molecule has 0 spiro atoms. The summed E-state index contributed by atoms with van der Waals surface area (Å²) in [4.78, 5) is 5.50. The summed E-state index contributed by atoms with van der Waals surface area (Å²) in [6.45, 7) is 11.0. The highest BCUT2D eigenvalue weighted by molar-refractivity contribution is 7.12. The Labute approximate surface area is 115 Å². The molecule has 2 heterocycles. The van der Waals surface area contributed by atoms with Crippen molar-refractivity contribution in [3.05, 3.63) is 21.4 Å². The second-order valence-corrected chi connectivity index (χ2v) is 7.27. The van der Waals surface area contributed by atoms with Gasteiger partial charge in [-0.1, -0.05) is 13.8 Å². The normalized spacial score (nSPS) is 22.9. The SMILES string of the molecule is Cc1cc(C(CN)N2CCCC2C(C)C)c(C)s1. The molecule has 1 aromatic heterocycles. The Morgan fingerprint density at radius 3 is 2.67 bits per heavy atom. The van der Waals surface area contributed by atoms with Crippen LogP contribution in [0.5, 0.6) is 0 Å². The molecule has 1 saturated heterocycles. The summed E-state index contributed by atoms with van der Waals surface area (Å²) in [6.07, 6.45) is 2.65. The van der Waals surface area contributed by atoms with Crippen LogP contribution in [-0.4, -0.2) is 24.0 Å². The lowest BCUT2D eigenvalue weighted by atomic mass is 9.98. The molecule has 0 aliphatic carbocycles. The van der Waals surface area contributed by atoms with Crippen LogP contribution in [0.25, 0.3) is 0 Å². The molecule has 0 bridgehead atoms. The molecule has 1 fully saturated rings. The fourth-order valence-electron chi connectivity index (χ4n) is 3.34. The summed E-state index contributed by atoms with van der Waals surface area (Å²) in [5.41, 5.74) is 7.55. The van der Waals surface area contributed by atoms with Gasteiger partial charge in [0.15, 0.2) is 0 Å². The van der Waals surface area contributed by atoms with Crippen LogP contribution in [0.2, 0.25) is 0 Å². The van der Waals surface area contributed by atoms with Crippen LogP contribution in [0.3, 0.4) is 0 Å². The Morgan fingerprint density at radius 2 is 2.17 bits per heavy atom. The number of thiophene rings is 1. The van der Waals surface area contributed by atoms with Crippen molar-refractivity contribution in [3.63, 3.8) is 0 Å². The maximum atomic E-state index is 6.09. The van der Waals surface area contributed by atoms with E-state index >= 15 is 0 Å². The van der Waals surface area contributed by atoms with Crippen molar-refractivity contribution in [1.82, 2.24) is 4.90 Å². The van der Waals surface area contributed by atoms with E-state index in [1.807, 2.05) is 11.3 Å². The molecule has 102 valence electrons. The van der Waals surface area contributed by atoms with Gasteiger partial charge in [-0.25, -0.2) is 0 Å². The average Bonchev–Trinajstić information content (AvgIpc) is 2.88. The minimum absolute atomic E-state index is 0.421. The van der Waals surface area contributed by atoms with Crippen LogP contribution in [0.1, 0.15) is 48.0 Å². The summed E-state index contributed by atoms with van der Waals surface area (Å²) < 4.78 is 0. The highest BCUT2D eigenvalue weighted by Crippen LogP contribution is 2.36. The number of nitrogens with zero attached hydrogens (tertiary/aromatic N) is 1. The van der Waals surface area contributed by atoms with Crippen LogP contribution in [0, 0.1) is 19.8 Å². The van der Waals surface area contributed by atoms with Gasteiger partial charge >= 0.3 is 0 Å². The highest BCUT2D eigenvalue weighted by Gasteiger charge is 2.33.